The zero-order valence-electron chi connectivity index (χ0n) is 8.85. The molecule has 1 aromatic carbocycles. The van der Waals surface area contributed by atoms with E-state index in [0.29, 0.717) is 21.9 Å². The van der Waals surface area contributed by atoms with Gasteiger partial charge in [-0.15, -0.1) is 0 Å². The highest BCUT2D eigenvalue weighted by Crippen LogP contribution is 2.25. The highest BCUT2D eigenvalue weighted by Gasteiger charge is 2.08. The van der Waals surface area contributed by atoms with E-state index in [0.717, 1.165) is 6.42 Å². The average molecular weight is 231 g/mol. The summed E-state index contributed by atoms with van der Waals surface area (Å²) < 4.78 is 0. The molecule has 78 valence electrons. The second kappa shape index (κ2) is 5.04. The highest BCUT2D eigenvalue weighted by atomic mass is 35.5. The molecule has 0 amide bonds. The fourth-order valence-corrected chi connectivity index (χ4v) is 1.59. The highest BCUT2D eigenvalue weighted by molar-refractivity contribution is 6.42. The van der Waals surface area contributed by atoms with Crippen molar-refractivity contribution < 1.29 is 0 Å². The first-order valence-electron chi connectivity index (χ1n) is 4.94. The molecule has 0 saturated heterocycles. The van der Waals surface area contributed by atoms with Crippen molar-refractivity contribution in [3.8, 4) is 0 Å². The van der Waals surface area contributed by atoms with E-state index >= 15 is 0 Å². The van der Waals surface area contributed by atoms with Crippen LogP contribution in [0.2, 0.25) is 10.0 Å². The Morgan fingerprint density at radius 2 is 1.71 bits per heavy atom. The molecule has 0 fully saturated rings. The van der Waals surface area contributed by atoms with Crippen LogP contribution < -0.4 is 0 Å². The first kappa shape index (κ1) is 11.9. The van der Waals surface area contributed by atoms with E-state index in [2.05, 4.69) is 20.8 Å². The fraction of sp³-hybridized carbons (Fsp3) is 0.500. The van der Waals surface area contributed by atoms with E-state index in [1.165, 1.54) is 5.56 Å². The summed E-state index contributed by atoms with van der Waals surface area (Å²) in [4.78, 5) is 0. The molecule has 0 nitrogen and oxygen atoms in total. The van der Waals surface area contributed by atoms with Crippen LogP contribution in [0.3, 0.4) is 0 Å². The summed E-state index contributed by atoms with van der Waals surface area (Å²) in [7, 11) is 0. The van der Waals surface area contributed by atoms with Crippen molar-refractivity contribution in [2.75, 3.05) is 0 Å². The van der Waals surface area contributed by atoms with Gasteiger partial charge in [0.1, 0.15) is 0 Å². The van der Waals surface area contributed by atoms with Gasteiger partial charge in [0, 0.05) is 0 Å². The van der Waals surface area contributed by atoms with Gasteiger partial charge in [0.25, 0.3) is 0 Å². The van der Waals surface area contributed by atoms with Crippen molar-refractivity contribution in [1.29, 1.82) is 0 Å². The minimum atomic E-state index is 0.632. The maximum absolute atomic E-state index is 5.94. The van der Waals surface area contributed by atoms with Crippen LogP contribution in [0.15, 0.2) is 18.2 Å². The third-order valence-corrected chi connectivity index (χ3v) is 3.42. The maximum Gasteiger partial charge on any atom is 0.0595 e. The lowest BCUT2D eigenvalue weighted by atomic mass is 9.91. The van der Waals surface area contributed by atoms with Crippen molar-refractivity contribution in [3.63, 3.8) is 0 Å². The Kier molecular flexibility index (Phi) is 4.28. The van der Waals surface area contributed by atoms with Crippen LogP contribution in [0.25, 0.3) is 0 Å². The molecule has 0 aliphatic heterocycles. The third kappa shape index (κ3) is 3.18. The lowest BCUT2D eigenvalue weighted by molar-refractivity contribution is 0.417. The van der Waals surface area contributed by atoms with Crippen LogP contribution >= 0.6 is 23.2 Å². The number of benzene rings is 1. The van der Waals surface area contributed by atoms with Crippen molar-refractivity contribution in [3.05, 3.63) is 33.8 Å². The summed E-state index contributed by atoms with van der Waals surface area (Å²) in [5.41, 5.74) is 1.26. The van der Waals surface area contributed by atoms with Crippen molar-refractivity contribution in [1.82, 2.24) is 0 Å². The topological polar surface area (TPSA) is 0 Å². The third-order valence-electron chi connectivity index (χ3n) is 2.68. The lowest BCUT2D eigenvalue weighted by Crippen LogP contribution is -2.07. The molecule has 0 aliphatic rings. The van der Waals surface area contributed by atoms with Crippen LogP contribution in [0.1, 0.15) is 26.3 Å². The van der Waals surface area contributed by atoms with Gasteiger partial charge in [-0.25, -0.2) is 0 Å². The van der Waals surface area contributed by atoms with Gasteiger partial charge >= 0.3 is 0 Å². The monoisotopic (exact) mass is 230 g/mol. The molecule has 0 aliphatic carbocycles. The van der Waals surface area contributed by atoms with Gasteiger partial charge in [-0.05, 0) is 36.0 Å². The van der Waals surface area contributed by atoms with Crippen molar-refractivity contribution in [2.45, 2.75) is 27.2 Å². The number of hydrogen-bond donors (Lipinski definition) is 0. The summed E-state index contributed by atoms with van der Waals surface area (Å²) in [6.07, 6.45) is 1.06. The van der Waals surface area contributed by atoms with Crippen LogP contribution in [0, 0.1) is 11.8 Å². The Hall–Kier alpha value is -0.200. The first-order chi connectivity index (χ1) is 6.50. The van der Waals surface area contributed by atoms with Crippen LogP contribution in [0.4, 0.5) is 0 Å². The molecule has 0 spiro atoms. The minimum Gasteiger partial charge on any atom is -0.0827 e. The van der Waals surface area contributed by atoms with Gasteiger partial charge in [0.15, 0.2) is 0 Å². The van der Waals surface area contributed by atoms with Gasteiger partial charge < -0.3 is 0 Å². The summed E-state index contributed by atoms with van der Waals surface area (Å²) in [5.74, 6) is 1.37. The van der Waals surface area contributed by atoms with Gasteiger partial charge in [0.05, 0.1) is 10.0 Å². The molecule has 2 heteroatoms. The smallest absolute Gasteiger partial charge is 0.0595 e. The molecule has 0 aromatic heterocycles. The van der Waals surface area contributed by atoms with Crippen molar-refractivity contribution >= 4 is 23.2 Å². The summed E-state index contributed by atoms with van der Waals surface area (Å²) >= 11 is 11.8. The Bertz CT molecular complexity index is 305. The Morgan fingerprint density at radius 3 is 2.21 bits per heavy atom. The van der Waals surface area contributed by atoms with E-state index < -0.39 is 0 Å². The van der Waals surface area contributed by atoms with E-state index in [1.54, 1.807) is 0 Å². The first-order valence-corrected chi connectivity index (χ1v) is 5.70. The van der Waals surface area contributed by atoms with Crippen molar-refractivity contribution in [2.24, 2.45) is 11.8 Å². The molecule has 0 radical (unpaired) electrons. The second-order valence-electron chi connectivity index (χ2n) is 4.17. The van der Waals surface area contributed by atoms with Gasteiger partial charge in [-0.2, -0.15) is 0 Å². The van der Waals surface area contributed by atoms with E-state index in [9.17, 15) is 0 Å². The zero-order valence-corrected chi connectivity index (χ0v) is 10.4. The fourth-order valence-electron chi connectivity index (χ4n) is 1.27. The standard InChI is InChI=1S/C12H16Cl2/c1-8(2)9(3)6-10-4-5-11(13)12(14)7-10/h4-5,7-9H,6H2,1-3H3. The minimum absolute atomic E-state index is 0.632. The predicted molar refractivity (Wildman–Crippen MR) is 64.2 cm³/mol. The lowest BCUT2D eigenvalue weighted by Gasteiger charge is -2.15. The molecule has 1 rings (SSSR count). The van der Waals surface area contributed by atoms with Crippen LogP contribution in [-0.2, 0) is 6.42 Å². The molecule has 0 heterocycles. The molecule has 0 N–H and O–H groups in total. The average Bonchev–Trinajstić information content (AvgIpc) is 2.11. The van der Waals surface area contributed by atoms with Crippen LogP contribution in [-0.4, -0.2) is 0 Å². The Labute approximate surface area is 96.2 Å². The summed E-state index contributed by atoms with van der Waals surface area (Å²) in [5, 5.41) is 1.28. The van der Waals surface area contributed by atoms with E-state index in [1.807, 2.05) is 18.2 Å². The Balaban J connectivity index is 2.73. The normalized spacial score (nSPS) is 13.3. The zero-order chi connectivity index (χ0) is 10.7. The van der Waals surface area contributed by atoms with Gasteiger partial charge in [0.2, 0.25) is 0 Å². The molecular formula is C12H16Cl2. The van der Waals surface area contributed by atoms with E-state index in [4.69, 9.17) is 23.2 Å². The number of halogens is 2. The van der Waals surface area contributed by atoms with Gasteiger partial charge in [-0.1, -0.05) is 50.0 Å². The summed E-state index contributed by atoms with van der Waals surface area (Å²) in [6.45, 7) is 6.73. The SMILES string of the molecule is CC(C)C(C)Cc1ccc(Cl)c(Cl)c1. The molecule has 1 aromatic rings. The van der Waals surface area contributed by atoms with Gasteiger partial charge in [-0.3, -0.25) is 0 Å². The number of hydrogen-bond acceptors (Lipinski definition) is 0. The molecule has 0 saturated carbocycles. The molecule has 1 unspecified atom stereocenters. The van der Waals surface area contributed by atoms with E-state index in [-0.39, 0.29) is 0 Å². The maximum atomic E-state index is 5.94. The predicted octanol–water partition coefficient (Wildman–Crippen LogP) is 4.83. The Morgan fingerprint density at radius 1 is 1.07 bits per heavy atom. The second-order valence-corrected chi connectivity index (χ2v) is 4.99. The van der Waals surface area contributed by atoms with Crippen LogP contribution in [0.5, 0.6) is 0 Å². The number of rotatable bonds is 3. The quantitative estimate of drug-likeness (QED) is 0.699. The molecule has 14 heavy (non-hydrogen) atoms. The molecule has 0 bridgehead atoms. The molecular weight excluding hydrogens is 215 g/mol. The summed E-state index contributed by atoms with van der Waals surface area (Å²) in [6, 6.07) is 5.88. The largest absolute Gasteiger partial charge is 0.0827 e. The molecule has 1 atom stereocenters.